The zero-order chi connectivity index (χ0) is 15.4. The minimum absolute atomic E-state index is 0.285. The number of benzene rings is 2. The van der Waals surface area contributed by atoms with E-state index >= 15 is 0 Å². The van der Waals surface area contributed by atoms with Gasteiger partial charge in [0.1, 0.15) is 0 Å². The van der Waals surface area contributed by atoms with Crippen molar-refractivity contribution in [3.8, 4) is 11.1 Å². The molecule has 0 unspecified atom stereocenters. The second-order valence-electron chi connectivity index (χ2n) is 5.45. The fourth-order valence-electron chi connectivity index (χ4n) is 2.54. The molecule has 0 spiro atoms. The number of rotatable bonds is 4. The average molecular weight is 317 g/mol. The molecule has 114 valence electrons. The van der Waals surface area contributed by atoms with E-state index in [1.54, 1.807) is 7.11 Å². The fourth-order valence-corrected chi connectivity index (χ4v) is 2.67. The van der Waals surface area contributed by atoms with Crippen molar-refractivity contribution < 1.29 is 14.0 Å². The van der Waals surface area contributed by atoms with Crippen LogP contribution in [0.5, 0.6) is 0 Å². The second-order valence-corrected chi connectivity index (χ2v) is 5.89. The predicted octanol–water partition coefficient (Wildman–Crippen LogP) is 3.01. The highest BCUT2D eigenvalue weighted by Crippen LogP contribution is 2.21. The molecule has 3 rings (SSSR count). The maximum Gasteiger partial charge on any atom is 0.493 e. The molecule has 2 aromatic carbocycles. The molecule has 0 radical (unpaired) electrons. The molecule has 3 nitrogen and oxygen atoms in total. The highest BCUT2D eigenvalue weighted by Gasteiger charge is 2.28. The molecule has 0 aromatic heterocycles. The van der Waals surface area contributed by atoms with Crippen molar-refractivity contribution in [1.29, 1.82) is 0 Å². The molecular weight excluding hydrogens is 298 g/mol. The van der Waals surface area contributed by atoms with E-state index < -0.39 is 0 Å². The van der Waals surface area contributed by atoms with E-state index in [9.17, 15) is 0 Å². The molecule has 0 atom stereocenters. The van der Waals surface area contributed by atoms with E-state index in [4.69, 9.17) is 25.6 Å². The van der Waals surface area contributed by atoms with Gasteiger partial charge in [-0.1, -0.05) is 48.0 Å². The van der Waals surface area contributed by atoms with Gasteiger partial charge >= 0.3 is 7.12 Å². The lowest BCUT2D eigenvalue weighted by Gasteiger charge is -2.27. The molecule has 1 heterocycles. The van der Waals surface area contributed by atoms with E-state index in [-0.39, 0.29) is 7.12 Å². The Morgan fingerprint density at radius 2 is 1.55 bits per heavy atom. The summed E-state index contributed by atoms with van der Waals surface area (Å²) in [6.07, 6.45) is 0. The first-order valence-corrected chi connectivity index (χ1v) is 7.72. The van der Waals surface area contributed by atoms with Gasteiger partial charge < -0.3 is 14.0 Å². The van der Waals surface area contributed by atoms with Crippen LogP contribution in [0.15, 0.2) is 48.5 Å². The van der Waals surface area contributed by atoms with Crippen molar-refractivity contribution in [2.75, 3.05) is 26.9 Å². The number of halogens is 1. The van der Waals surface area contributed by atoms with E-state index in [1.807, 2.05) is 36.4 Å². The smallest absolute Gasteiger partial charge is 0.407 e. The third-order valence-electron chi connectivity index (χ3n) is 3.73. The summed E-state index contributed by atoms with van der Waals surface area (Å²) in [5, 5.41) is 0.745. The van der Waals surface area contributed by atoms with Crippen LogP contribution in [0.4, 0.5) is 0 Å². The van der Waals surface area contributed by atoms with Crippen LogP contribution in [0.1, 0.15) is 0 Å². The Bertz CT molecular complexity index is 592. The first-order valence-electron chi connectivity index (χ1n) is 7.34. The van der Waals surface area contributed by atoms with Gasteiger partial charge in [0.15, 0.2) is 0 Å². The zero-order valence-corrected chi connectivity index (χ0v) is 13.3. The van der Waals surface area contributed by atoms with Crippen molar-refractivity contribution >= 4 is 24.2 Å². The van der Waals surface area contributed by atoms with Gasteiger partial charge in [-0.05, 0) is 28.7 Å². The molecule has 0 bridgehead atoms. The quantitative estimate of drug-likeness (QED) is 0.812. The van der Waals surface area contributed by atoms with Crippen molar-refractivity contribution in [3.63, 3.8) is 0 Å². The summed E-state index contributed by atoms with van der Waals surface area (Å²) < 4.78 is 16.7. The van der Waals surface area contributed by atoms with Gasteiger partial charge in [-0.15, -0.1) is 0 Å². The summed E-state index contributed by atoms with van der Waals surface area (Å²) in [7, 11) is 1.41. The van der Waals surface area contributed by atoms with E-state index in [2.05, 4.69) is 12.1 Å². The van der Waals surface area contributed by atoms with E-state index in [0.717, 1.165) is 21.6 Å². The Labute approximate surface area is 136 Å². The molecular formula is C17H18BClO3. The minimum atomic E-state index is -0.285. The van der Waals surface area contributed by atoms with Crippen LogP contribution >= 0.6 is 11.6 Å². The molecule has 5 heteroatoms. The second kappa shape index (κ2) is 7.29. The Balaban J connectivity index is 1.66. The number of hydrogen-bond acceptors (Lipinski definition) is 3. The third kappa shape index (κ3) is 3.71. The van der Waals surface area contributed by atoms with Crippen LogP contribution in [-0.2, 0) is 14.0 Å². The Morgan fingerprint density at radius 1 is 1.00 bits per heavy atom. The summed E-state index contributed by atoms with van der Waals surface area (Å²) in [6.45, 7) is 2.00. The number of methoxy groups -OCH3 is 1. The lowest BCUT2D eigenvalue weighted by Crippen LogP contribution is -2.45. The Morgan fingerprint density at radius 3 is 2.09 bits per heavy atom. The standard InChI is InChI=1S/C17H18BClO3/c1-20-10-13-11-21-18(22-12-13)16-6-2-14(3-7-16)15-4-8-17(19)9-5-15/h2-9,13H,10-12H2,1H3. The molecule has 0 aliphatic carbocycles. The van der Waals surface area contributed by atoms with Gasteiger partial charge in [0.05, 0.1) is 6.61 Å². The summed E-state index contributed by atoms with van der Waals surface area (Å²) in [5.74, 6) is 0.314. The van der Waals surface area contributed by atoms with E-state index in [0.29, 0.717) is 25.7 Å². The molecule has 0 saturated carbocycles. The van der Waals surface area contributed by atoms with E-state index in [1.165, 1.54) is 0 Å². The molecule has 0 N–H and O–H groups in total. The molecule has 2 aromatic rings. The Kier molecular flexibility index (Phi) is 5.16. The van der Waals surface area contributed by atoms with Crippen LogP contribution in [0.2, 0.25) is 5.02 Å². The van der Waals surface area contributed by atoms with Gasteiger partial charge in [0, 0.05) is 31.3 Å². The molecule has 1 saturated heterocycles. The van der Waals surface area contributed by atoms with Crippen LogP contribution in [0, 0.1) is 5.92 Å². The van der Waals surface area contributed by atoms with Gasteiger partial charge in [-0.2, -0.15) is 0 Å². The monoisotopic (exact) mass is 316 g/mol. The van der Waals surface area contributed by atoms with Crippen molar-refractivity contribution in [2.45, 2.75) is 0 Å². The number of hydrogen-bond donors (Lipinski definition) is 0. The third-order valence-corrected chi connectivity index (χ3v) is 3.98. The highest BCUT2D eigenvalue weighted by molar-refractivity contribution is 6.61. The van der Waals surface area contributed by atoms with Crippen molar-refractivity contribution in [2.24, 2.45) is 5.92 Å². The summed E-state index contributed by atoms with van der Waals surface area (Å²) in [4.78, 5) is 0. The Hall–Kier alpha value is -1.33. The van der Waals surface area contributed by atoms with Crippen LogP contribution in [0.3, 0.4) is 0 Å². The van der Waals surface area contributed by atoms with Crippen LogP contribution in [0.25, 0.3) is 11.1 Å². The first-order chi connectivity index (χ1) is 10.8. The lowest BCUT2D eigenvalue weighted by molar-refractivity contribution is 0.0364. The maximum absolute atomic E-state index is 5.92. The van der Waals surface area contributed by atoms with Gasteiger partial charge in [0.2, 0.25) is 0 Å². The minimum Gasteiger partial charge on any atom is -0.407 e. The van der Waals surface area contributed by atoms with Crippen molar-refractivity contribution in [1.82, 2.24) is 0 Å². The predicted molar refractivity (Wildman–Crippen MR) is 89.5 cm³/mol. The molecule has 22 heavy (non-hydrogen) atoms. The average Bonchev–Trinajstić information content (AvgIpc) is 2.57. The van der Waals surface area contributed by atoms with Gasteiger partial charge in [-0.25, -0.2) is 0 Å². The summed E-state index contributed by atoms with van der Waals surface area (Å²) in [5.41, 5.74) is 3.32. The molecule has 1 fully saturated rings. The van der Waals surface area contributed by atoms with Gasteiger partial charge in [0.25, 0.3) is 0 Å². The lowest BCUT2D eigenvalue weighted by atomic mass is 9.77. The molecule has 1 aliphatic heterocycles. The largest absolute Gasteiger partial charge is 0.493 e. The normalized spacial score (nSPS) is 16.0. The summed E-state index contributed by atoms with van der Waals surface area (Å²) in [6, 6.07) is 16.1. The van der Waals surface area contributed by atoms with Crippen LogP contribution in [-0.4, -0.2) is 34.0 Å². The highest BCUT2D eigenvalue weighted by atomic mass is 35.5. The number of ether oxygens (including phenoxy) is 1. The van der Waals surface area contributed by atoms with Crippen molar-refractivity contribution in [3.05, 3.63) is 53.6 Å². The van der Waals surface area contributed by atoms with Crippen LogP contribution < -0.4 is 5.46 Å². The SMILES string of the molecule is COCC1COB(c2ccc(-c3ccc(Cl)cc3)cc2)OC1. The zero-order valence-electron chi connectivity index (χ0n) is 12.5. The van der Waals surface area contributed by atoms with Gasteiger partial charge in [-0.3, -0.25) is 0 Å². The fraction of sp³-hybridized carbons (Fsp3) is 0.294. The molecule has 0 amide bonds. The first kappa shape index (κ1) is 15.6. The topological polar surface area (TPSA) is 27.7 Å². The summed E-state index contributed by atoms with van der Waals surface area (Å²) >= 11 is 5.92. The maximum atomic E-state index is 5.92. The molecule has 1 aliphatic rings.